The Morgan fingerprint density at radius 1 is 0.750 bits per heavy atom. The zero-order chi connectivity index (χ0) is 9.82. The van der Waals surface area contributed by atoms with Gasteiger partial charge in [0.15, 0.2) is 0 Å². The van der Waals surface area contributed by atoms with E-state index in [2.05, 4.69) is 0 Å². The first-order chi connectivity index (χ1) is 4.36. The predicted octanol–water partition coefficient (Wildman–Crippen LogP) is -0.643. The van der Waals surface area contributed by atoms with Gasteiger partial charge >= 0.3 is 51.9 Å². The maximum atomic E-state index is 9.87. The van der Waals surface area contributed by atoms with Crippen LogP contribution in [-0.4, -0.2) is 23.4 Å². The van der Waals surface area contributed by atoms with Gasteiger partial charge in [-0.15, -0.1) is 0 Å². The predicted molar refractivity (Wildman–Crippen MR) is 27.7 cm³/mol. The van der Waals surface area contributed by atoms with Crippen LogP contribution < -0.4 is 18.9 Å². The Kier molecular flexibility index (Phi) is 6.36. The smallest absolute Gasteiger partial charge is 0.394 e. The molecule has 2 N–H and O–H groups in total. The molecule has 0 aliphatic carbocycles. The molecule has 0 radical (unpaired) electrons. The topological polar surface area (TPSA) is 40.5 Å². The van der Waals surface area contributed by atoms with Crippen LogP contribution in [-0.2, 0) is 0 Å². The average molecular weight is 214 g/mol. The van der Waals surface area contributed by atoms with E-state index in [1.807, 2.05) is 0 Å². The molecule has 0 fully saturated rings. The quantitative estimate of drug-likeness (QED) is 0.346. The molecule has 0 heterocycles. The van der Waals surface area contributed by atoms with Crippen LogP contribution >= 0.6 is 7.81 Å². The van der Waals surface area contributed by atoms with Gasteiger partial charge in [-0.25, -0.2) is 0 Å². The van der Waals surface area contributed by atoms with Crippen molar-refractivity contribution in [2.75, 3.05) is 13.2 Å². The summed E-state index contributed by atoms with van der Waals surface area (Å²) < 4.78 is 59.2. The number of hydrogen-bond donors (Lipinski definition) is 2. The zero-order valence-corrected chi connectivity index (χ0v) is 6.92. The van der Waals surface area contributed by atoms with Crippen molar-refractivity contribution >= 4 is 7.81 Å². The summed E-state index contributed by atoms with van der Waals surface area (Å²) >= 11 is 0. The van der Waals surface area contributed by atoms with Crippen molar-refractivity contribution in [3.8, 4) is 0 Å². The van der Waals surface area contributed by atoms with Crippen LogP contribution in [0.25, 0.3) is 0 Å². The van der Waals surface area contributed by atoms with Gasteiger partial charge in [-0.3, -0.25) is 0 Å². The molecule has 0 saturated heterocycles. The van der Waals surface area contributed by atoms with Crippen molar-refractivity contribution in [2.24, 2.45) is 0 Å². The Balaban J connectivity index is -0.000000142. The normalized spacial score (nSPS) is 16.0. The molecule has 0 unspecified atom stereocenters. The van der Waals surface area contributed by atoms with E-state index < -0.39 is 7.81 Å². The molecule has 74 valence electrons. The van der Waals surface area contributed by atoms with Gasteiger partial charge in [-0.1, -0.05) is 0 Å². The van der Waals surface area contributed by atoms with Gasteiger partial charge in [0.2, 0.25) is 0 Å². The van der Waals surface area contributed by atoms with Crippen molar-refractivity contribution in [2.45, 2.75) is 0 Å². The zero-order valence-electron chi connectivity index (χ0n) is 6.02. The van der Waals surface area contributed by atoms with Gasteiger partial charge in [0.1, 0.15) is 0 Å². The Morgan fingerprint density at radius 3 is 0.833 bits per heavy atom. The monoisotopic (exact) mass is 214 g/mol. The molecular weight excluding hydrogens is 208 g/mol. The van der Waals surface area contributed by atoms with E-state index >= 15 is 0 Å². The molecule has 0 spiro atoms. The number of aliphatic hydroxyl groups is 2. The van der Waals surface area contributed by atoms with E-state index in [1.165, 1.54) is 0 Å². The second-order valence-corrected chi connectivity index (χ2v) is 3.32. The fourth-order valence-electron chi connectivity index (χ4n) is 0. The Hall–Kier alpha value is 0.527. The summed E-state index contributed by atoms with van der Waals surface area (Å²) in [7, 11) is -10.7. The van der Waals surface area contributed by atoms with Crippen molar-refractivity contribution in [3.05, 3.63) is 0 Å². The van der Waals surface area contributed by atoms with Gasteiger partial charge in [-0.05, 0) is 0 Å². The van der Waals surface area contributed by atoms with E-state index in [9.17, 15) is 25.2 Å². The minimum absolute atomic E-state index is 0. The fourth-order valence-corrected chi connectivity index (χ4v) is 0. The molecule has 0 aromatic heterocycles. The minimum Gasteiger partial charge on any atom is -0.394 e. The third-order valence-electron chi connectivity index (χ3n) is 0.1000. The second-order valence-electron chi connectivity index (χ2n) is 1.41. The van der Waals surface area contributed by atoms with Crippen LogP contribution in [0.2, 0.25) is 0 Å². The Labute approximate surface area is 76.0 Å². The fraction of sp³-hybridized carbons (Fsp3) is 1.00. The van der Waals surface area contributed by atoms with Gasteiger partial charge in [-0.2, -0.15) is 0 Å². The third-order valence-corrected chi connectivity index (χ3v) is 0.1000. The summed E-state index contributed by atoms with van der Waals surface area (Å²) in [6.07, 6.45) is 0. The molecule has 0 aromatic carbocycles. The Bertz CT molecular complexity index is 102. The van der Waals surface area contributed by atoms with E-state index in [-0.39, 0.29) is 32.1 Å². The summed E-state index contributed by atoms with van der Waals surface area (Å²) in [5, 5.41) is 15.2. The Morgan fingerprint density at radius 2 is 0.833 bits per heavy atom. The molecule has 0 rings (SSSR count). The van der Waals surface area contributed by atoms with E-state index in [0.29, 0.717) is 0 Å². The van der Waals surface area contributed by atoms with Crippen molar-refractivity contribution in [3.63, 3.8) is 0 Å². The van der Waals surface area contributed by atoms with E-state index in [1.54, 1.807) is 0 Å². The molecule has 0 saturated carbocycles. The molecule has 12 heavy (non-hydrogen) atoms. The number of rotatable bonds is 1. The summed E-state index contributed by atoms with van der Waals surface area (Å²) in [5.74, 6) is 0. The van der Waals surface area contributed by atoms with Gasteiger partial charge < -0.3 is 10.2 Å². The largest absolute Gasteiger partial charge is 1.00 e. The van der Waals surface area contributed by atoms with Crippen molar-refractivity contribution in [1.82, 2.24) is 0 Å². The number of aliphatic hydroxyl groups excluding tert-OH is 2. The maximum absolute atomic E-state index is 10.7. The summed E-state index contributed by atoms with van der Waals surface area (Å²) in [6, 6.07) is 0. The van der Waals surface area contributed by atoms with Crippen molar-refractivity contribution < 1.29 is 54.3 Å². The SMILES string of the molecule is F[P-](F)(F)(F)(F)F.OCCO.[Li+]. The third kappa shape index (κ3) is 410. The molecular formula is C2H6F6LiO2P. The van der Waals surface area contributed by atoms with Crippen LogP contribution in [0.4, 0.5) is 25.2 Å². The van der Waals surface area contributed by atoms with Gasteiger partial charge in [0.05, 0.1) is 13.2 Å². The molecule has 0 aromatic rings. The molecule has 0 aliphatic heterocycles. The van der Waals surface area contributed by atoms with Crippen LogP contribution in [0.15, 0.2) is 0 Å². The van der Waals surface area contributed by atoms with Gasteiger partial charge in [0.25, 0.3) is 0 Å². The van der Waals surface area contributed by atoms with Crippen LogP contribution in [0.5, 0.6) is 0 Å². The standard InChI is InChI=1S/C2H6O2.F6P.Li/c3-1-2-4;1-7(2,3,4,5)6;/h3-4H,1-2H2;;/q;-1;+1. The molecule has 2 nitrogen and oxygen atoms in total. The van der Waals surface area contributed by atoms with Crippen LogP contribution in [0.3, 0.4) is 0 Å². The molecule has 0 amide bonds. The number of hydrogen-bond acceptors (Lipinski definition) is 2. The van der Waals surface area contributed by atoms with Crippen molar-refractivity contribution in [1.29, 1.82) is 0 Å². The molecule has 0 atom stereocenters. The maximum Gasteiger partial charge on any atom is 1.00 e. The van der Waals surface area contributed by atoms with Gasteiger partial charge in [0, 0.05) is 0 Å². The first-order valence-electron chi connectivity index (χ1n) is 2.15. The van der Waals surface area contributed by atoms with Crippen LogP contribution in [0, 0.1) is 0 Å². The molecule has 10 heteroatoms. The summed E-state index contributed by atoms with van der Waals surface area (Å²) in [5.41, 5.74) is 0. The average Bonchev–Trinajstić information content (AvgIpc) is 1.57. The summed E-state index contributed by atoms with van der Waals surface area (Å²) in [4.78, 5) is 0. The molecule has 0 aliphatic rings. The molecule has 0 bridgehead atoms. The first kappa shape index (κ1) is 18.3. The second kappa shape index (κ2) is 4.16. The summed E-state index contributed by atoms with van der Waals surface area (Å²) in [6.45, 7) is -0.250. The first-order valence-corrected chi connectivity index (χ1v) is 4.18. The van der Waals surface area contributed by atoms with E-state index in [4.69, 9.17) is 10.2 Å². The minimum atomic E-state index is -10.7. The van der Waals surface area contributed by atoms with Crippen LogP contribution in [0.1, 0.15) is 0 Å². The van der Waals surface area contributed by atoms with E-state index in [0.717, 1.165) is 0 Å². The number of halogens is 6.